The molecule has 0 aliphatic heterocycles. The van der Waals surface area contributed by atoms with Crippen molar-refractivity contribution in [3.8, 4) is 17.1 Å². The third-order valence-electron chi connectivity index (χ3n) is 6.65. The van der Waals surface area contributed by atoms with E-state index in [9.17, 15) is 5.11 Å². The number of hydrogen-bond acceptors (Lipinski definition) is 5. The summed E-state index contributed by atoms with van der Waals surface area (Å²) in [7, 11) is -1.26. The van der Waals surface area contributed by atoms with E-state index in [4.69, 9.17) is 15.3 Å². The van der Waals surface area contributed by atoms with E-state index in [0.29, 0.717) is 11.4 Å². The van der Waals surface area contributed by atoms with Gasteiger partial charge in [-0.3, -0.25) is 0 Å². The second-order valence-electron chi connectivity index (χ2n) is 9.80. The van der Waals surface area contributed by atoms with Crippen molar-refractivity contribution in [1.82, 2.24) is 39.0 Å². The van der Waals surface area contributed by atoms with Crippen LogP contribution in [0.4, 0.5) is 0 Å². The first kappa shape index (κ1) is 27.9. The number of aromatic nitrogens is 8. The summed E-state index contributed by atoms with van der Waals surface area (Å²) in [5, 5.41) is 25.7. The molecule has 1 N–H and O–H groups in total. The Balaban J connectivity index is 0.000000184. The Morgan fingerprint density at radius 3 is 1.56 bits per heavy atom. The average Bonchev–Trinajstić information content (AvgIpc) is 3.62. The number of imidazole rings is 1. The van der Waals surface area contributed by atoms with Crippen LogP contribution in [0, 0.1) is 41.5 Å². The van der Waals surface area contributed by atoms with Gasteiger partial charge in [0.2, 0.25) is 0 Å². The summed E-state index contributed by atoms with van der Waals surface area (Å²) in [6.07, 6.45) is 0. The van der Waals surface area contributed by atoms with Crippen molar-refractivity contribution in [3.05, 3.63) is 101 Å². The van der Waals surface area contributed by atoms with Crippen LogP contribution in [0.2, 0.25) is 0 Å². The number of fused-ring (bicyclic) bond motifs is 1. The van der Waals surface area contributed by atoms with E-state index >= 15 is 0 Å². The van der Waals surface area contributed by atoms with Gasteiger partial charge in [-0.1, -0.05) is 42.1 Å². The number of nitrogens with one attached hydrogen (secondary N) is 1. The van der Waals surface area contributed by atoms with Crippen LogP contribution in [0.1, 0.15) is 34.2 Å². The van der Waals surface area contributed by atoms with Crippen LogP contribution in [0.5, 0.6) is 5.75 Å². The predicted molar refractivity (Wildman–Crippen MR) is 149 cm³/mol. The predicted octanol–water partition coefficient (Wildman–Crippen LogP) is 4.09. The summed E-state index contributed by atoms with van der Waals surface area (Å²) in [5.41, 5.74) is 8.84. The molecule has 6 rings (SSSR count). The number of para-hydroxylation sites is 3. The number of benzene rings is 2. The molecule has 6 aromatic rings. The quantitative estimate of drug-likeness (QED) is 0.325. The van der Waals surface area contributed by atoms with Gasteiger partial charge in [0.1, 0.15) is 5.82 Å². The second-order valence-corrected chi connectivity index (χ2v) is 9.80. The number of rotatable bonds is 4. The summed E-state index contributed by atoms with van der Waals surface area (Å²) in [6.45, 7) is 12.3. The van der Waals surface area contributed by atoms with Crippen molar-refractivity contribution in [2.75, 3.05) is 0 Å². The van der Waals surface area contributed by atoms with Gasteiger partial charge in [-0.2, -0.15) is 0 Å². The van der Waals surface area contributed by atoms with E-state index < -0.39 is 7.12 Å². The number of H-pyrrole nitrogens is 1. The van der Waals surface area contributed by atoms with Gasteiger partial charge >= 0.3 is 23.6 Å². The maximum atomic E-state index is 11.6. The first-order valence-electron chi connectivity index (χ1n) is 12.7. The molecule has 0 saturated heterocycles. The molecule has 0 unspecified atom stereocenters. The van der Waals surface area contributed by atoms with Gasteiger partial charge in [-0.05, 0) is 89.0 Å². The minimum atomic E-state index is -1.26. The van der Waals surface area contributed by atoms with Crippen molar-refractivity contribution in [2.45, 2.75) is 41.5 Å². The van der Waals surface area contributed by atoms with Crippen molar-refractivity contribution in [1.29, 1.82) is 0 Å². The van der Waals surface area contributed by atoms with Crippen LogP contribution in [0.25, 0.3) is 22.4 Å². The molecule has 0 amide bonds. The minimum Gasteiger partial charge on any atom is -0.872 e. The summed E-state index contributed by atoms with van der Waals surface area (Å²) < 4.78 is 6.19. The molecule has 0 aliphatic rings. The Morgan fingerprint density at radius 1 is 0.667 bits per heavy atom. The van der Waals surface area contributed by atoms with Gasteiger partial charge < -0.3 is 23.9 Å². The molecule has 0 radical (unpaired) electrons. The maximum absolute atomic E-state index is 11.6. The van der Waals surface area contributed by atoms with Gasteiger partial charge in [-0.15, -0.1) is 0 Å². The van der Waals surface area contributed by atoms with Crippen LogP contribution in [-0.4, -0.2) is 46.2 Å². The summed E-state index contributed by atoms with van der Waals surface area (Å²) in [6, 6.07) is 20.9. The molecule has 0 bridgehead atoms. The zero-order valence-corrected chi connectivity index (χ0v) is 23.9. The minimum absolute atomic E-state index is 0. The largest absolute Gasteiger partial charge is 2.00 e. The third kappa shape index (κ3) is 5.68. The summed E-state index contributed by atoms with van der Waals surface area (Å²) in [4.78, 5) is 7.53. The van der Waals surface area contributed by atoms with E-state index in [1.54, 1.807) is 18.2 Å². The molecule has 0 aliphatic carbocycles. The Kier molecular flexibility index (Phi) is 8.11. The van der Waals surface area contributed by atoms with E-state index in [1.807, 2.05) is 51.1 Å². The fraction of sp³-hybridized carbons (Fsp3) is 0.214. The van der Waals surface area contributed by atoms with E-state index in [2.05, 4.69) is 62.7 Å². The first-order chi connectivity index (χ1) is 18.2. The molecule has 2 aromatic carbocycles. The van der Waals surface area contributed by atoms with Crippen LogP contribution in [0.3, 0.4) is 0 Å². The van der Waals surface area contributed by atoms with Crippen molar-refractivity contribution >= 4 is 18.2 Å². The normalized spacial score (nSPS) is 10.9. The second kappa shape index (κ2) is 11.3. The first-order valence-corrected chi connectivity index (χ1v) is 12.7. The number of hydrogen-bond donors (Lipinski definition) is 1. The van der Waals surface area contributed by atoms with Crippen molar-refractivity contribution < 1.29 is 21.6 Å². The molecule has 202 valence electrons. The molecule has 9 nitrogen and oxygen atoms in total. The van der Waals surface area contributed by atoms with Crippen molar-refractivity contribution in [2.24, 2.45) is 0 Å². The molecular weight excluding hydrogens is 534 g/mol. The Morgan fingerprint density at radius 2 is 1.13 bits per heavy atom. The zero-order valence-electron chi connectivity index (χ0n) is 22.9. The van der Waals surface area contributed by atoms with Crippen LogP contribution in [0.15, 0.2) is 66.7 Å². The van der Waals surface area contributed by atoms with E-state index in [-0.39, 0.29) is 22.2 Å². The average molecular weight is 565 g/mol. The van der Waals surface area contributed by atoms with Gasteiger partial charge in [0, 0.05) is 5.56 Å². The third-order valence-corrected chi connectivity index (χ3v) is 6.65. The molecule has 0 atom stereocenters. The van der Waals surface area contributed by atoms with Gasteiger partial charge in [0.05, 0.1) is 28.1 Å². The van der Waals surface area contributed by atoms with E-state index in [1.165, 1.54) is 0 Å². The topological polar surface area (TPSA) is 105 Å². The Hall–Kier alpha value is -4.10. The van der Waals surface area contributed by atoms with Crippen LogP contribution in [-0.2, 0) is 16.5 Å². The Labute approximate surface area is 238 Å². The SMILES string of the molecule is Cc1cc(C)n([BH-](n2nc(C)cc2C)n2nc(C)cc2C)n1.[Ni+2].[O-]c1ccccc1-c1nc2ccccc2[nH]1. The fourth-order valence-electron chi connectivity index (χ4n) is 5.01. The monoisotopic (exact) mass is 564 g/mol. The molecular formula is C28H31BN8NiO. The molecule has 39 heavy (non-hydrogen) atoms. The van der Waals surface area contributed by atoms with Gasteiger partial charge in [0.25, 0.3) is 0 Å². The molecule has 0 saturated carbocycles. The zero-order chi connectivity index (χ0) is 27.0. The number of aryl methyl sites for hydroxylation is 6. The smallest absolute Gasteiger partial charge is 0.872 e. The maximum Gasteiger partial charge on any atom is 2.00 e. The molecule has 0 fully saturated rings. The van der Waals surface area contributed by atoms with Gasteiger partial charge in [-0.25, -0.2) is 20.3 Å². The molecule has 4 heterocycles. The van der Waals surface area contributed by atoms with Crippen molar-refractivity contribution in [3.63, 3.8) is 0 Å². The summed E-state index contributed by atoms with van der Waals surface area (Å²) >= 11 is 0. The summed E-state index contributed by atoms with van der Waals surface area (Å²) in [5.74, 6) is 0.619. The Bertz CT molecular complexity index is 1590. The molecule has 4 aromatic heterocycles. The van der Waals surface area contributed by atoms with Crippen LogP contribution >= 0.6 is 0 Å². The molecule has 11 heteroatoms. The van der Waals surface area contributed by atoms with Gasteiger partial charge in [0.15, 0.2) is 0 Å². The molecule has 0 spiro atoms. The number of nitrogens with zero attached hydrogens (tertiary/aromatic N) is 7. The van der Waals surface area contributed by atoms with E-state index in [0.717, 1.165) is 45.2 Å². The number of aromatic amines is 1. The standard InChI is InChI=1S/C15H22BN6.C13H10N2O.Ni/c1-10-7-13(4)20(17-10)16(21-14(5)8-11(2)18-21)22-15(6)9-12(3)19-22;16-12-8-4-1-5-9(12)13-14-10-6-2-3-7-11(10)15-13;/h7-9,16H,1-6H3;1-8,16H,(H,14,15);/q-1;;+2/p-1. The van der Waals surface area contributed by atoms with Crippen LogP contribution < -0.4 is 5.11 Å². The fourth-order valence-corrected chi connectivity index (χ4v) is 5.01.